The second-order valence-electron chi connectivity index (χ2n) is 11.3. The third-order valence-electron chi connectivity index (χ3n) is 8.32. The lowest BCUT2D eigenvalue weighted by atomic mass is 9.78. The molecule has 3 heterocycles. The van der Waals surface area contributed by atoms with Crippen molar-refractivity contribution < 1.29 is 23.1 Å². The number of nitrogens with two attached hydrogens (primary N) is 1. The minimum Gasteiger partial charge on any atom is -0.475 e. The van der Waals surface area contributed by atoms with Gasteiger partial charge in [-0.2, -0.15) is 13.2 Å². The molecular formula is C29H30F3N7O2. The molecule has 9 nitrogen and oxygen atoms in total. The van der Waals surface area contributed by atoms with Crippen molar-refractivity contribution in [3.63, 3.8) is 0 Å². The summed E-state index contributed by atoms with van der Waals surface area (Å²) in [6, 6.07) is 7.06. The number of hydrogen-bond donors (Lipinski definition) is 3. The Morgan fingerprint density at radius 3 is 2.51 bits per heavy atom. The van der Waals surface area contributed by atoms with Crippen LogP contribution in [0.1, 0.15) is 79.2 Å². The quantitative estimate of drug-likeness (QED) is 0.218. The van der Waals surface area contributed by atoms with E-state index in [1.165, 1.54) is 6.07 Å². The number of aromatic nitrogens is 5. The summed E-state index contributed by atoms with van der Waals surface area (Å²) in [5.74, 6) is -0.291. The molecule has 0 spiro atoms. The molecule has 0 aliphatic heterocycles. The van der Waals surface area contributed by atoms with E-state index in [4.69, 9.17) is 10.7 Å². The van der Waals surface area contributed by atoms with Crippen molar-refractivity contribution in [1.29, 1.82) is 0 Å². The molecule has 12 heteroatoms. The van der Waals surface area contributed by atoms with Gasteiger partial charge in [-0.1, -0.05) is 26.3 Å². The maximum absolute atomic E-state index is 13.3. The third kappa shape index (κ3) is 4.95. The molecular weight excluding hydrogens is 535 g/mol. The molecule has 0 amide bonds. The Labute approximate surface area is 234 Å². The molecule has 41 heavy (non-hydrogen) atoms. The predicted octanol–water partition coefficient (Wildman–Crippen LogP) is 6.10. The van der Waals surface area contributed by atoms with E-state index < -0.39 is 23.5 Å². The number of nitrogen functional groups attached to an aromatic ring is 1. The number of halogens is 3. The summed E-state index contributed by atoms with van der Waals surface area (Å²) in [4.78, 5) is 29.9. The Hall–Kier alpha value is -4.22. The van der Waals surface area contributed by atoms with Crippen LogP contribution < -0.4 is 11.1 Å². The van der Waals surface area contributed by atoms with Crippen LogP contribution in [0.15, 0.2) is 36.5 Å². The zero-order valence-corrected chi connectivity index (χ0v) is 22.7. The van der Waals surface area contributed by atoms with Gasteiger partial charge in [-0.3, -0.25) is 4.98 Å². The Bertz CT molecular complexity index is 1660. The molecule has 1 aromatic carbocycles. The molecule has 2 aliphatic carbocycles. The van der Waals surface area contributed by atoms with Crippen molar-refractivity contribution in [2.75, 3.05) is 11.1 Å². The fourth-order valence-electron chi connectivity index (χ4n) is 5.55. The van der Waals surface area contributed by atoms with Crippen molar-refractivity contribution in [2.45, 2.75) is 70.1 Å². The lowest BCUT2D eigenvalue weighted by Crippen LogP contribution is -2.36. The molecule has 2 aliphatic rings. The summed E-state index contributed by atoms with van der Waals surface area (Å²) in [6.45, 7) is 4.14. The lowest BCUT2D eigenvalue weighted by Gasteiger charge is -2.35. The number of aromatic carboxylic acids is 1. The van der Waals surface area contributed by atoms with Crippen LogP contribution >= 0.6 is 0 Å². The number of carboxylic acids is 1. The zero-order chi connectivity index (χ0) is 29.1. The fourth-order valence-corrected chi connectivity index (χ4v) is 5.55. The van der Waals surface area contributed by atoms with Crippen LogP contribution in [-0.2, 0) is 12.7 Å². The van der Waals surface area contributed by atoms with Gasteiger partial charge >= 0.3 is 12.1 Å². The number of carboxylic acid groups (broad SMARTS) is 1. The summed E-state index contributed by atoms with van der Waals surface area (Å²) in [5, 5.41) is 13.4. The van der Waals surface area contributed by atoms with E-state index in [0.717, 1.165) is 49.8 Å². The molecule has 0 radical (unpaired) electrons. The van der Waals surface area contributed by atoms with Gasteiger partial charge in [0, 0.05) is 17.4 Å². The number of anilines is 2. The normalized spacial score (nSPS) is 16.6. The van der Waals surface area contributed by atoms with E-state index >= 15 is 0 Å². The molecule has 0 saturated heterocycles. The average Bonchev–Trinajstić information content (AvgIpc) is 3.54. The van der Waals surface area contributed by atoms with E-state index in [9.17, 15) is 23.1 Å². The Kier molecular flexibility index (Phi) is 6.39. The predicted molar refractivity (Wildman–Crippen MR) is 147 cm³/mol. The van der Waals surface area contributed by atoms with E-state index in [1.807, 2.05) is 26.0 Å². The van der Waals surface area contributed by atoms with Crippen LogP contribution in [0.25, 0.3) is 22.7 Å². The molecule has 0 bridgehead atoms. The van der Waals surface area contributed by atoms with Gasteiger partial charge < -0.3 is 20.7 Å². The number of fused-ring (bicyclic) bond motifs is 1. The van der Waals surface area contributed by atoms with Gasteiger partial charge in [0.25, 0.3) is 0 Å². The topological polar surface area (TPSA) is 132 Å². The summed E-state index contributed by atoms with van der Waals surface area (Å²) < 4.78 is 41.8. The number of nitrogens with zero attached hydrogens (tertiary/aromatic N) is 5. The maximum Gasteiger partial charge on any atom is 0.416 e. The van der Waals surface area contributed by atoms with E-state index in [0.29, 0.717) is 34.3 Å². The van der Waals surface area contributed by atoms with Gasteiger partial charge in [-0.15, -0.1) is 0 Å². The number of hydrogen-bond acceptors (Lipinski definition) is 7. The van der Waals surface area contributed by atoms with Gasteiger partial charge in [0.1, 0.15) is 11.2 Å². The van der Waals surface area contributed by atoms with Crippen LogP contribution in [0.5, 0.6) is 0 Å². The molecule has 0 unspecified atom stereocenters. The fraction of sp³-hybridized carbons (Fsp3) is 0.414. The SMILES string of the molecule is CC(C)c1ccnc(-c2nc3nc(C(=O)O)nc(NC4(C5CCC5)CC4)c3n2Cc2ccc(C(F)(F)F)cc2N)c1. The van der Waals surface area contributed by atoms with E-state index in [-0.39, 0.29) is 29.3 Å². The Balaban J connectivity index is 1.55. The van der Waals surface area contributed by atoms with Crippen molar-refractivity contribution >= 4 is 28.6 Å². The van der Waals surface area contributed by atoms with Crippen molar-refractivity contribution in [3.8, 4) is 11.5 Å². The molecule has 0 atom stereocenters. The zero-order valence-electron chi connectivity index (χ0n) is 22.7. The first-order valence-electron chi connectivity index (χ1n) is 13.7. The van der Waals surface area contributed by atoms with Gasteiger partial charge in [0.05, 0.1) is 12.1 Å². The highest BCUT2D eigenvalue weighted by Gasteiger charge is 2.51. The first-order chi connectivity index (χ1) is 19.4. The van der Waals surface area contributed by atoms with Crippen LogP contribution in [0, 0.1) is 5.92 Å². The molecule has 3 aromatic heterocycles. The summed E-state index contributed by atoms with van der Waals surface area (Å²) in [7, 11) is 0. The first kappa shape index (κ1) is 27.0. The largest absolute Gasteiger partial charge is 0.475 e. The van der Waals surface area contributed by atoms with E-state index in [2.05, 4.69) is 20.3 Å². The highest BCUT2D eigenvalue weighted by molar-refractivity contribution is 5.92. The second-order valence-corrected chi connectivity index (χ2v) is 11.3. The number of alkyl halides is 3. The van der Waals surface area contributed by atoms with Crippen LogP contribution in [-0.4, -0.2) is 41.1 Å². The van der Waals surface area contributed by atoms with E-state index in [1.54, 1.807) is 10.8 Å². The van der Waals surface area contributed by atoms with Crippen LogP contribution in [0.2, 0.25) is 0 Å². The summed E-state index contributed by atoms with van der Waals surface area (Å²) in [6.07, 6.45) is 2.35. The van der Waals surface area contributed by atoms with Gasteiger partial charge in [-0.05, 0) is 72.9 Å². The third-order valence-corrected chi connectivity index (χ3v) is 8.32. The number of carbonyl (C=O) groups is 1. The number of rotatable bonds is 8. The number of benzene rings is 1. The maximum atomic E-state index is 13.3. The van der Waals surface area contributed by atoms with Crippen LogP contribution in [0.3, 0.4) is 0 Å². The van der Waals surface area contributed by atoms with Crippen molar-refractivity contribution in [2.24, 2.45) is 5.92 Å². The molecule has 4 aromatic rings. The lowest BCUT2D eigenvalue weighted by molar-refractivity contribution is -0.137. The van der Waals surface area contributed by atoms with Crippen LogP contribution in [0.4, 0.5) is 24.7 Å². The Morgan fingerprint density at radius 1 is 1.17 bits per heavy atom. The van der Waals surface area contributed by atoms with Crippen molar-refractivity contribution in [1.82, 2.24) is 24.5 Å². The van der Waals surface area contributed by atoms with Crippen molar-refractivity contribution in [3.05, 3.63) is 59.0 Å². The first-order valence-corrected chi connectivity index (χ1v) is 13.7. The summed E-state index contributed by atoms with van der Waals surface area (Å²) in [5.41, 5.74) is 7.67. The monoisotopic (exact) mass is 565 g/mol. The average molecular weight is 566 g/mol. The molecule has 6 rings (SSSR count). The standard InChI is InChI=1S/C29H30F3N7O2/c1-15(2)16-8-11-34-21(12-16)26-37-23-22(39(26)14-17-6-7-19(13-20(17)33)29(30,31)32)24(36-25(35-23)27(40)41)38-28(9-10-28)18-4-3-5-18/h6-8,11-13,15,18H,3-5,9-10,14,33H2,1-2H3,(H,40,41)(H,35,36,38). The number of nitrogens with one attached hydrogen (secondary N) is 1. The molecule has 4 N–H and O–H groups in total. The number of imidazole rings is 1. The second kappa shape index (κ2) is 9.71. The minimum absolute atomic E-state index is 0.0257. The summed E-state index contributed by atoms with van der Waals surface area (Å²) >= 11 is 0. The highest BCUT2D eigenvalue weighted by atomic mass is 19.4. The molecule has 2 fully saturated rings. The molecule has 214 valence electrons. The number of pyridine rings is 1. The van der Waals surface area contributed by atoms with Gasteiger partial charge in [0.2, 0.25) is 5.82 Å². The molecule has 2 saturated carbocycles. The van der Waals surface area contributed by atoms with Gasteiger partial charge in [0.15, 0.2) is 17.3 Å². The smallest absolute Gasteiger partial charge is 0.416 e. The minimum atomic E-state index is -4.53. The Morgan fingerprint density at radius 2 is 1.93 bits per heavy atom. The highest BCUT2D eigenvalue weighted by Crippen LogP contribution is 2.53. The van der Waals surface area contributed by atoms with Gasteiger partial charge in [-0.25, -0.2) is 19.7 Å².